The van der Waals surface area contributed by atoms with E-state index in [9.17, 15) is 4.79 Å². The van der Waals surface area contributed by atoms with Crippen molar-refractivity contribution in [2.24, 2.45) is 0 Å². The molecule has 21 heavy (non-hydrogen) atoms. The van der Waals surface area contributed by atoms with Crippen molar-refractivity contribution in [3.05, 3.63) is 29.3 Å². The monoisotopic (exact) mass is 307 g/mol. The summed E-state index contributed by atoms with van der Waals surface area (Å²) < 4.78 is 0. The first kappa shape index (κ1) is 16.2. The molecule has 1 amide bonds. The van der Waals surface area contributed by atoms with Crippen LogP contribution in [0.1, 0.15) is 24.0 Å². The number of carbonyl (C=O) groups excluding carboxylic acids is 1. The number of hydrogen-bond donors (Lipinski definition) is 3. The van der Waals surface area contributed by atoms with Gasteiger partial charge in [0.05, 0.1) is 0 Å². The lowest BCUT2D eigenvalue weighted by Crippen LogP contribution is -2.40. The maximum Gasteiger partial charge on any atom is 0.252 e. The van der Waals surface area contributed by atoms with Crippen molar-refractivity contribution >= 4 is 24.2 Å². The zero-order valence-electron chi connectivity index (χ0n) is 12.9. The Balaban J connectivity index is 1.77. The lowest BCUT2D eigenvalue weighted by molar-refractivity contribution is -0.120. The Bertz CT molecular complexity index is 486. The molecule has 2 N–H and O–H groups in total. The van der Waals surface area contributed by atoms with Crippen LogP contribution in [0.2, 0.25) is 0 Å². The molecule has 0 spiro atoms. The predicted molar refractivity (Wildman–Crippen MR) is 91.0 cm³/mol. The molecule has 0 bridgehead atoms. The van der Waals surface area contributed by atoms with Gasteiger partial charge in [-0.1, -0.05) is 12.1 Å². The van der Waals surface area contributed by atoms with E-state index in [4.69, 9.17) is 0 Å². The van der Waals surface area contributed by atoms with Crippen molar-refractivity contribution in [2.45, 2.75) is 32.1 Å². The van der Waals surface area contributed by atoms with Gasteiger partial charge in [0.15, 0.2) is 0 Å². The SMILES string of the molecule is Cc1cccc(NC(S)C(=O)NCCN2CCCC2)c1C. The Kier molecular flexibility index (Phi) is 5.94. The number of amides is 1. The molecule has 116 valence electrons. The molecule has 1 aliphatic rings. The number of anilines is 1. The third kappa shape index (κ3) is 4.64. The topological polar surface area (TPSA) is 44.4 Å². The molecule has 1 atom stereocenters. The first-order valence-electron chi connectivity index (χ1n) is 7.59. The molecule has 1 heterocycles. The molecular weight excluding hydrogens is 282 g/mol. The average molecular weight is 307 g/mol. The van der Waals surface area contributed by atoms with Gasteiger partial charge in [0.25, 0.3) is 5.91 Å². The van der Waals surface area contributed by atoms with Crippen LogP contribution >= 0.6 is 12.6 Å². The van der Waals surface area contributed by atoms with Gasteiger partial charge in [-0.15, -0.1) is 12.6 Å². The third-order valence-electron chi connectivity index (χ3n) is 4.07. The van der Waals surface area contributed by atoms with Crippen LogP contribution < -0.4 is 10.6 Å². The molecule has 1 aromatic carbocycles. The van der Waals surface area contributed by atoms with Gasteiger partial charge in [0, 0.05) is 18.8 Å². The van der Waals surface area contributed by atoms with Crippen molar-refractivity contribution < 1.29 is 4.79 Å². The number of rotatable bonds is 6. The number of hydrogen-bond acceptors (Lipinski definition) is 4. The van der Waals surface area contributed by atoms with E-state index in [2.05, 4.69) is 41.2 Å². The molecule has 1 unspecified atom stereocenters. The van der Waals surface area contributed by atoms with Gasteiger partial charge in [0.1, 0.15) is 5.37 Å². The highest BCUT2D eigenvalue weighted by Gasteiger charge is 2.16. The maximum atomic E-state index is 12.0. The Morgan fingerprint density at radius 1 is 1.33 bits per heavy atom. The van der Waals surface area contributed by atoms with Crippen molar-refractivity contribution in [1.29, 1.82) is 0 Å². The molecule has 1 aliphatic heterocycles. The smallest absolute Gasteiger partial charge is 0.252 e. The second-order valence-corrected chi connectivity index (χ2v) is 6.15. The predicted octanol–water partition coefficient (Wildman–Crippen LogP) is 2.18. The molecule has 0 aromatic heterocycles. The van der Waals surface area contributed by atoms with Gasteiger partial charge < -0.3 is 15.5 Å². The van der Waals surface area contributed by atoms with Crippen LogP contribution in [0.5, 0.6) is 0 Å². The molecule has 1 aromatic rings. The molecule has 1 fully saturated rings. The van der Waals surface area contributed by atoms with E-state index in [0.29, 0.717) is 6.54 Å². The number of likely N-dealkylation sites (tertiary alicyclic amines) is 1. The van der Waals surface area contributed by atoms with Crippen LogP contribution in [0.4, 0.5) is 5.69 Å². The number of aryl methyl sites for hydroxylation is 1. The van der Waals surface area contributed by atoms with E-state index in [1.165, 1.54) is 18.4 Å². The number of carbonyl (C=O) groups is 1. The van der Waals surface area contributed by atoms with Crippen LogP contribution in [0.3, 0.4) is 0 Å². The van der Waals surface area contributed by atoms with E-state index in [1.54, 1.807) is 0 Å². The zero-order chi connectivity index (χ0) is 15.2. The van der Waals surface area contributed by atoms with Gasteiger partial charge in [-0.05, 0) is 57.0 Å². The van der Waals surface area contributed by atoms with Crippen molar-refractivity contribution in [3.8, 4) is 0 Å². The first-order valence-corrected chi connectivity index (χ1v) is 8.10. The molecule has 4 nitrogen and oxygen atoms in total. The second-order valence-electron chi connectivity index (χ2n) is 5.63. The van der Waals surface area contributed by atoms with E-state index < -0.39 is 5.37 Å². The summed E-state index contributed by atoms with van der Waals surface area (Å²) in [5.41, 5.74) is 3.32. The summed E-state index contributed by atoms with van der Waals surface area (Å²) in [6.07, 6.45) is 2.55. The standard InChI is InChI=1S/C16H25N3OS/c1-12-6-5-7-14(13(12)2)18-16(21)15(20)17-8-11-19-9-3-4-10-19/h5-7,16,18,21H,3-4,8-11H2,1-2H3,(H,17,20). The maximum absolute atomic E-state index is 12.0. The summed E-state index contributed by atoms with van der Waals surface area (Å²) in [7, 11) is 0. The van der Waals surface area contributed by atoms with Crippen molar-refractivity contribution in [1.82, 2.24) is 10.2 Å². The van der Waals surface area contributed by atoms with Crippen molar-refractivity contribution in [3.63, 3.8) is 0 Å². The van der Waals surface area contributed by atoms with Gasteiger partial charge in [-0.3, -0.25) is 4.79 Å². The van der Waals surface area contributed by atoms with E-state index >= 15 is 0 Å². The normalized spacial score (nSPS) is 16.7. The molecular formula is C16H25N3OS. The van der Waals surface area contributed by atoms with E-state index in [-0.39, 0.29) is 5.91 Å². The van der Waals surface area contributed by atoms with Crippen LogP contribution in [0, 0.1) is 13.8 Å². The quantitative estimate of drug-likeness (QED) is 0.557. The number of nitrogens with one attached hydrogen (secondary N) is 2. The average Bonchev–Trinajstić information content (AvgIpc) is 2.97. The van der Waals surface area contributed by atoms with Gasteiger partial charge in [0.2, 0.25) is 0 Å². The highest BCUT2D eigenvalue weighted by atomic mass is 32.1. The molecule has 1 saturated heterocycles. The fourth-order valence-electron chi connectivity index (χ4n) is 2.56. The van der Waals surface area contributed by atoms with Crippen LogP contribution in [-0.2, 0) is 4.79 Å². The highest BCUT2D eigenvalue weighted by Crippen LogP contribution is 2.19. The first-order chi connectivity index (χ1) is 10.1. The molecule has 2 rings (SSSR count). The molecule has 0 aliphatic carbocycles. The molecule has 0 saturated carbocycles. The summed E-state index contributed by atoms with van der Waals surface area (Å²) in [5, 5.41) is 5.59. The summed E-state index contributed by atoms with van der Waals surface area (Å²) >= 11 is 4.36. The Hall–Kier alpha value is -1.20. The minimum absolute atomic E-state index is 0.0709. The minimum Gasteiger partial charge on any atom is -0.366 e. The third-order valence-corrected chi connectivity index (χ3v) is 4.43. The van der Waals surface area contributed by atoms with E-state index in [0.717, 1.165) is 30.9 Å². The fourth-order valence-corrected chi connectivity index (χ4v) is 2.79. The van der Waals surface area contributed by atoms with Gasteiger partial charge in [-0.25, -0.2) is 0 Å². The summed E-state index contributed by atoms with van der Waals surface area (Å²) in [6.45, 7) is 8.02. The highest BCUT2D eigenvalue weighted by molar-refractivity contribution is 7.82. The lowest BCUT2D eigenvalue weighted by atomic mass is 10.1. The van der Waals surface area contributed by atoms with Gasteiger partial charge >= 0.3 is 0 Å². The Morgan fingerprint density at radius 2 is 2.05 bits per heavy atom. The summed E-state index contributed by atoms with van der Waals surface area (Å²) in [4.78, 5) is 14.4. The lowest BCUT2D eigenvalue weighted by Gasteiger charge is -2.19. The van der Waals surface area contributed by atoms with Crippen LogP contribution in [0.25, 0.3) is 0 Å². The number of benzene rings is 1. The summed E-state index contributed by atoms with van der Waals surface area (Å²) in [6, 6.07) is 6.02. The van der Waals surface area contributed by atoms with Crippen molar-refractivity contribution in [2.75, 3.05) is 31.5 Å². The Morgan fingerprint density at radius 3 is 2.76 bits per heavy atom. The molecule has 5 heteroatoms. The minimum atomic E-state index is -0.524. The molecule has 0 radical (unpaired) electrons. The second kappa shape index (κ2) is 7.71. The summed E-state index contributed by atoms with van der Waals surface area (Å²) in [5.74, 6) is -0.0709. The number of nitrogens with zero attached hydrogens (tertiary/aromatic N) is 1. The van der Waals surface area contributed by atoms with Crippen LogP contribution in [-0.4, -0.2) is 42.4 Å². The Labute approximate surface area is 132 Å². The largest absolute Gasteiger partial charge is 0.366 e. The zero-order valence-corrected chi connectivity index (χ0v) is 13.7. The fraction of sp³-hybridized carbons (Fsp3) is 0.562. The van der Waals surface area contributed by atoms with Gasteiger partial charge in [-0.2, -0.15) is 0 Å². The van der Waals surface area contributed by atoms with Crippen LogP contribution in [0.15, 0.2) is 18.2 Å². The number of thiol groups is 1. The van der Waals surface area contributed by atoms with E-state index in [1.807, 2.05) is 19.1 Å².